The number of benzene rings is 2. The first-order chi connectivity index (χ1) is 10.4. The zero-order valence-electron chi connectivity index (χ0n) is 13.0. The van der Waals surface area contributed by atoms with E-state index < -0.39 is 15.6 Å². The molecule has 2 aromatic rings. The lowest BCUT2D eigenvalue weighted by molar-refractivity contribution is 0.224. The highest BCUT2D eigenvalue weighted by molar-refractivity contribution is 7.89. The third-order valence-electron chi connectivity index (χ3n) is 4.50. The lowest BCUT2D eigenvalue weighted by Crippen LogP contribution is -2.50. The van der Waals surface area contributed by atoms with Crippen LogP contribution in [0.2, 0.25) is 0 Å². The quantitative estimate of drug-likeness (QED) is 0.936. The molecular formula is C18H21NO2S. The number of rotatable bonds is 4. The summed E-state index contributed by atoms with van der Waals surface area (Å²) in [7, 11) is -3.53. The standard InChI is InChI=1S/C18H21NO2S/c1-14-9-10-15(2)17(13-14)22(20,21)19-18(11-6-12-18)16-7-4-3-5-8-16/h3-5,7-10,13,19H,6,11-12H2,1-2H3. The molecule has 0 aliphatic heterocycles. The smallest absolute Gasteiger partial charge is 0.207 e. The Morgan fingerprint density at radius 2 is 1.68 bits per heavy atom. The van der Waals surface area contributed by atoms with Crippen molar-refractivity contribution in [1.82, 2.24) is 4.72 Å². The summed E-state index contributed by atoms with van der Waals surface area (Å²) in [6.07, 6.45) is 2.74. The third-order valence-corrected chi connectivity index (χ3v) is 6.17. The second kappa shape index (κ2) is 5.52. The van der Waals surface area contributed by atoms with Gasteiger partial charge in [-0.05, 0) is 55.9 Å². The molecule has 3 rings (SSSR count). The maximum absolute atomic E-state index is 12.9. The average molecular weight is 315 g/mol. The summed E-state index contributed by atoms with van der Waals surface area (Å²) in [5.74, 6) is 0. The van der Waals surface area contributed by atoms with E-state index in [1.54, 1.807) is 6.07 Å². The second-order valence-electron chi connectivity index (χ2n) is 6.18. The molecule has 0 radical (unpaired) electrons. The van der Waals surface area contributed by atoms with E-state index in [1.165, 1.54) is 0 Å². The van der Waals surface area contributed by atoms with Crippen molar-refractivity contribution in [3.8, 4) is 0 Å². The molecule has 1 aliphatic carbocycles. The number of sulfonamides is 1. The zero-order valence-corrected chi connectivity index (χ0v) is 13.8. The van der Waals surface area contributed by atoms with E-state index in [9.17, 15) is 8.42 Å². The summed E-state index contributed by atoms with van der Waals surface area (Å²) in [5.41, 5.74) is 2.33. The molecule has 22 heavy (non-hydrogen) atoms. The van der Waals surface area contributed by atoms with Crippen molar-refractivity contribution in [2.75, 3.05) is 0 Å². The third kappa shape index (κ3) is 2.69. The van der Waals surface area contributed by atoms with E-state index in [1.807, 2.05) is 56.3 Å². The van der Waals surface area contributed by atoms with Crippen LogP contribution in [-0.4, -0.2) is 8.42 Å². The molecule has 2 aromatic carbocycles. The van der Waals surface area contributed by atoms with Gasteiger partial charge in [0.05, 0.1) is 10.4 Å². The SMILES string of the molecule is Cc1ccc(C)c(S(=O)(=O)NC2(c3ccccc3)CCC2)c1. The van der Waals surface area contributed by atoms with Crippen LogP contribution in [0.25, 0.3) is 0 Å². The Kier molecular flexibility index (Phi) is 3.83. The van der Waals surface area contributed by atoms with Crippen LogP contribution in [0.5, 0.6) is 0 Å². The molecule has 1 saturated carbocycles. The Morgan fingerprint density at radius 1 is 1.00 bits per heavy atom. The normalized spacial score (nSPS) is 17.0. The first kappa shape index (κ1) is 15.3. The van der Waals surface area contributed by atoms with Gasteiger partial charge in [0.1, 0.15) is 0 Å². The van der Waals surface area contributed by atoms with Gasteiger partial charge in [-0.25, -0.2) is 13.1 Å². The zero-order chi connectivity index (χ0) is 15.8. The van der Waals surface area contributed by atoms with Gasteiger partial charge in [-0.3, -0.25) is 0 Å². The van der Waals surface area contributed by atoms with Gasteiger partial charge in [-0.15, -0.1) is 0 Å². The molecule has 0 heterocycles. The minimum atomic E-state index is -3.53. The Hall–Kier alpha value is -1.65. The lowest BCUT2D eigenvalue weighted by atomic mass is 9.73. The van der Waals surface area contributed by atoms with Crippen molar-refractivity contribution in [1.29, 1.82) is 0 Å². The second-order valence-corrected chi connectivity index (χ2v) is 7.83. The molecule has 0 atom stereocenters. The van der Waals surface area contributed by atoms with Crippen LogP contribution in [0.4, 0.5) is 0 Å². The fraction of sp³-hybridized carbons (Fsp3) is 0.333. The van der Waals surface area contributed by atoms with Crippen LogP contribution < -0.4 is 4.72 Å². The molecule has 0 saturated heterocycles. The summed E-state index contributed by atoms with van der Waals surface area (Å²) in [4.78, 5) is 0.384. The van der Waals surface area contributed by atoms with Gasteiger partial charge in [-0.2, -0.15) is 0 Å². The molecule has 0 aromatic heterocycles. The minimum absolute atomic E-state index is 0.384. The first-order valence-corrected chi connectivity index (χ1v) is 9.08. The van der Waals surface area contributed by atoms with Gasteiger partial charge < -0.3 is 0 Å². The topological polar surface area (TPSA) is 46.2 Å². The molecule has 0 unspecified atom stereocenters. The molecule has 0 amide bonds. The summed E-state index contributed by atoms with van der Waals surface area (Å²) >= 11 is 0. The van der Waals surface area contributed by atoms with E-state index in [0.717, 1.165) is 36.0 Å². The van der Waals surface area contributed by atoms with Crippen molar-refractivity contribution in [2.24, 2.45) is 0 Å². The maximum atomic E-state index is 12.9. The van der Waals surface area contributed by atoms with Crippen molar-refractivity contribution in [3.63, 3.8) is 0 Å². The van der Waals surface area contributed by atoms with Crippen LogP contribution in [0.1, 0.15) is 36.0 Å². The lowest BCUT2D eigenvalue weighted by Gasteiger charge is -2.42. The van der Waals surface area contributed by atoms with Gasteiger partial charge in [-0.1, -0.05) is 42.5 Å². The Labute approximate surface area is 132 Å². The highest BCUT2D eigenvalue weighted by atomic mass is 32.2. The number of nitrogens with one attached hydrogen (secondary N) is 1. The molecule has 0 spiro atoms. The fourth-order valence-electron chi connectivity index (χ4n) is 3.05. The number of hydrogen-bond donors (Lipinski definition) is 1. The molecule has 3 nitrogen and oxygen atoms in total. The predicted molar refractivity (Wildman–Crippen MR) is 88.2 cm³/mol. The summed E-state index contributed by atoms with van der Waals surface area (Å²) in [6.45, 7) is 3.75. The van der Waals surface area contributed by atoms with Crippen LogP contribution in [0, 0.1) is 13.8 Å². The van der Waals surface area contributed by atoms with E-state index in [-0.39, 0.29) is 0 Å². The minimum Gasteiger partial charge on any atom is -0.207 e. The van der Waals surface area contributed by atoms with Crippen LogP contribution in [0.15, 0.2) is 53.4 Å². The van der Waals surface area contributed by atoms with Gasteiger partial charge >= 0.3 is 0 Å². The Balaban J connectivity index is 1.98. The van der Waals surface area contributed by atoms with Gasteiger partial charge in [0.2, 0.25) is 10.0 Å². The van der Waals surface area contributed by atoms with Gasteiger partial charge in [0, 0.05) is 0 Å². The molecule has 4 heteroatoms. The van der Waals surface area contributed by atoms with Gasteiger partial charge in [0.15, 0.2) is 0 Å². The highest BCUT2D eigenvalue weighted by Gasteiger charge is 2.42. The van der Waals surface area contributed by atoms with Gasteiger partial charge in [0.25, 0.3) is 0 Å². The first-order valence-electron chi connectivity index (χ1n) is 7.60. The average Bonchev–Trinajstić information content (AvgIpc) is 2.46. The molecule has 1 aliphatic rings. The Morgan fingerprint density at radius 3 is 2.27 bits per heavy atom. The summed E-state index contributed by atoms with van der Waals surface area (Å²) < 4.78 is 28.7. The summed E-state index contributed by atoms with van der Waals surface area (Å²) in [6, 6.07) is 15.4. The van der Waals surface area contributed by atoms with Crippen molar-refractivity contribution in [2.45, 2.75) is 43.5 Å². The van der Waals surface area contributed by atoms with E-state index in [4.69, 9.17) is 0 Å². The van der Waals surface area contributed by atoms with Crippen molar-refractivity contribution >= 4 is 10.0 Å². The fourth-order valence-corrected chi connectivity index (χ4v) is 4.83. The predicted octanol–water partition coefficient (Wildman–Crippen LogP) is 3.66. The van der Waals surface area contributed by atoms with Crippen LogP contribution in [0.3, 0.4) is 0 Å². The molecule has 0 bridgehead atoms. The summed E-state index contributed by atoms with van der Waals surface area (Å²) in [5, 5.41) is 0. The van der Waals surface area contributed by atoms with E-state index in [0.29, 0.717) is 4.90 Å². The molecule has 1 fully saturated rings. The van der Waals surface area contributed by atoms with Crippen LogP contribution >= 0.6 is 0 Å². The molecule has 116 valence electrons. The number of aryl methyl sites for hydroxylation is 2. The highest BCUT2D eigenvalue weighted by Crippen LogP contribution is 2.42. The number of hydrogen-bond acceptors (Lipinski definition) is 2. The maximum Gasteiger partial charge on any atom is 0.241 e. The Bertz CT molecular complexity index is 778. The van der Waals surface area contributed by atoms with E-state index in [2.05, 4.69) is 4.72 Å². The molecular weight excluding hydrogens is 294 g/mol. The largest absolute Gasteiger partial charge is 0.241 e. The van der Waals surface area contributed by atoms with E-state index >= 15 is 0 Å². The molecule has 1 N–H and O–H groups in total. The van der Waals surface area contributed by atoms with Crippen LogP contribution in [-0.2, 0) is 15.6 Å². The van der Waals surface area contributed by atoms with Crippen molar-refractivity contribution < 1.29 is 8.42 Å². The monoisotopic (exact) mass is 315 g/mol. The van der Waals surface area contributed by atoms with Crippen molar-refractivity contribution in [3.05, 3.63) is 65.2 Å².